The first kappa shape index (κ1) is 14.3. The molecule has 5 nitrogen and oxygen atoms in total. The molecule has 1 aromatic heterocycles. The Kier molecular flexibility index (Phi) is 4.08. The number of aryl methyl sites for hydroxylation is 2. The van der Waals surface area contributed by atoms with Crippen LogP contribution in [-0.2, 0) is 4.79 Å². The maximum absolute atomic E-state index is 12.5. The number of nitrogens with zero attached hydrogens (tertiary/aromatic N) is 4. The van der Waals surface area contributed by atoms with Crippen molar-refractivity contribution in [1.82, 2.24) is 19.7 Å². The molecule has 0 radical (unpaired) electrons. The largest absolute Gasteiger partial charge is 0.341 e. The second-order valence-electron chi connectivity index (χ2n) is 6.26. The number of aromatic nitrogens is 3. The Morgan fingerprint density at radius 3 is 2.90 bits per heavy atom. The van der Waals surface area contributed by atoms with Gasteiger partial charge in [0.15, 0.2) is 0 Å². The summed E-state index contributed by atoms with van der Waals surface area (Å²) in [5, 5.41) is 4.49. The van der Waals surface area contributed by atoms with Gasteiger partial charge in [-0.05, 0) is 45.4 Å². The molecule has 0 saturated carbocycles. The van der Waals surface area contributed by atoms with Crippen LogP contribution in [0.1, 0.15) is 49.8 Å². The molecule has 0 bridgehead atoms. The number of likely N-dealkylation sites (tertiary alicyclic amines) is 1. The van der Waals surface area contributed by atoms with Crippen molar-refractivity contribution in [2.75, 3.05) is 13.1 Å². The van der Waals surface area contributed by atoms with Gasteiger partial charge in [0.05, 0.1) is 6.04 Å². The van der Waals surface area contributed by atoms with E-state index in [9.17, 15) is 4.79 Å². The minimum Gasteiger partial charge on any atom is -0.341 e. The Balaban J connectivity index is 1.63. The SMILES string of the molecule is Cc1nc(C)n([C@@H]2CCCN(C(=O)C[C@@H]3C=CCC3)C2)n1. The number of hydrogen-bond donors (Lipinski definition) is 0. The lowest BCUT2D eigenvalue weighted by atomic mass is 10.0. The minimum absolute atomic E-state index is 0.281. The molecule has 1 saturated heterocycles. The Morgan fingerprint density at radius 1 is 1.38 bits per heavy atom. The van der Waals surface area contributed by atoms with Gasteiger partial charge in [0, 0.05) is 19.5 Å². The number of rotatable bonds is 3. The number of piperidine rings is 1. The quantitative estimate of drug-likeness (QED) is 0.803. The predicted octanol–water partition coefficient (Wildman–Crippen LogP) is 2.41. The van der Waals surface area contributed by atoms with Crippen LogP contribution in [0.5, 0.6) is 0 Å². The van der Waals surface area contributed by atoms with Gasteiger partial charge in [0.2, 0.25) is 5.91 Å². The summed E-state index contributed by atoms with van der Waals surface area (Å²) in [6, 6.07) is 0.281. The Morgan fingerprint density at radius 2 is 2.24 bits per heavy atom. The van der Waals surface area contributed by atoms with E-state index in [2.05, 4.69) is 22.2 Å². The lowest BCUT2D eigenvalue weighted by molar-refractivity contribution is -0.133. The Bertz CT molecular complexity index is 548. The summed E-state index contributed by atoms with van der Waals surface area (Å²) in [6.45, 7) is 5.57. The third kappa shape index (κ3) is 3.17. The minimum atomic E-state index is 0.281. The molecular weight excluding hydrogens is 264 g/mol. The zero-order valence-corrected chi connectivity index (χ0v) is 13.0. The molecule has 5 heteroatoms. The van der Waals surface area contributed by atoms with Gasteiger partial charge in [0.1, 0.15) is 11.6 Å². The van der Waals surface area contributed by atoms with Crippen LogP contribution in [0.15, 0.2) is 12.2 Å². The van der Waals surface area contributed by atoms with Gasteiger partial charge >= 0.3 is 0 Å². The summed E-state index contributed by atoms with van der Waals surface area (Å²) < 4.78 is 2.00. The van der Waals surface area contributed by atoms with Crippen LogP contribution in [0.2, 0.25) is 0 Å². The van der Waals surface area contributed by atoms with Gasteiger partial charge in [-0.15, -0.1) is 0 Å². The van der Waals surface area contributed by atoms with Gasteiger partial charge in [-0.1, -0.05) is 12.2 Å². The smallest absolute Gasteiger partial charge is 0.223 e. The highest BCUT2D eigenvalue weighted by atomic mass is 16.2. The van der Waals surface area contributed by atoms with Crippen molar-refractivity contribution in [2.24, 2.45) is 5.92 Å². The third-order valence-corrected chi connectivity index (χ3v) is 4.55. The first-order chi connectivity index (χ1) is 10.1. The maximum atomic E-state index is 12.5. The van der Waals surface area contributed by atoms with Gasteiger partial charge in [-0.3, -0.25) is 4.79 Å². The van der Waals surface area contributed by atoms with Crippen molar-refractivity contribution in [1.29, 1.82) is 0 Å². The van der Waals surface area contributed by atoms with Crippen LogP contribution in [0.4, 0.5) is 0 Å². The van der Waals surface area contributed by atoms with Crippen LogP contribution in [0, 0.1) is 19.8 Å². The van der Waals surface area contributed by atoms with Gasteiger partial charge < -0.3 is 4.90 Å². The maximum Gasteiger partial charge on any atom is 0.223 e. The van der Waals surface area contributed by atoms with E-state index in [1.165, 1.54) is 0 Å². The summed E-state index contributed by atoms with van der Waals surface area (Å²) in [6.07, 6.45) is 9.44. The Hall–Kier alpha value is -1.65. The fourth-order valence-corrected chi connectivity index (χ4v) is 3.48. The molecule has 3 rings (SSSR count). The van der Waals surface area contributed by atoms with Crippen molar-refractivity contribution < 1.29 is 4.79 Å². The van der Waals surface area contributed by atoms with E-state index < -0.39 is 0 Å². The van der Waals surface area contributed by atoms with E-state index >= 15 is 0 Å². The van der Waals surface area contributed by atoms with Gasteiger partial charge in [-0.25, -0.2) is 9.67 Å². The lowest BCUT2D eigenvalue weighted by Gasteiger charge is -2.33. The van der Waals surface area contributed by atoms with Crippen molar-refractivity contribution >= 4 is 5.91 Å². The molecule has 114 valence electrons. The van der Waals surface area contributed by atoms with Crippen LogP contribution in [0.25, 0.3) is 0 Å². The number of amides is 1. The summed E-state index contributed by atoms with van der Waals surface area (Å²) in [5.74, 6) is 2.51. The van der Waals surface area contributed by atoms with Crippen LogP contribution < -0.4 is 0 Å². The summed E-state index contributed by atoms with van der Waals surface area (Å²) in [4.78, 5) is 18.9. The van der Waals surface area contributed by atoms with E-state index in [1.807, 2.05) is 23.4 Å². The average Bonchev–Trinajstić information content (AvgIpc) is 3.08. The summed E-state index contributed by atoms with van der Waals surface area (Å²) in [5.41, 5.74) is 0. The van der Waals surface area contributed by atoms with E-state index in [1.54, 1.807) is 0 Å². The van der Waals surface area contributed by atoms with Crippen molar-refractivity contribution in [2.45, 2.75) is 52.0 Å². The van der Waals surface area contributed by atoms with E-state index in [0.29, 0.717) is 18.2 Å². The van der Waals surface area contributed by atoms with Crippen molar-refractivity contribution in [3.63, 3.8) is 0 Å². The number of hydrogen-bond acceptors (Lipinski definition) is 3. The molecule has 1 aliphatic carbocycles. The number of allylic oxidation sites excluding steroid dienone is 2. The molecule has 1 amide bonds. The van der Waals surface area contributed by atoms with Crippen LogP contribution in [-0.4, -0.2) is 38.7 Å². The van der Waals surface area contributed by atoms with Gasteiger partial charge in [0.25, 0.3) is 0 Å². The summed E-state index contributed by atoms with van der Waals surface area (Å²) >= 11 is 0. The zero-order chi connectivity index (χ0) is 14.8. The van der Waals surface area contributed by atoms with E-state index in [-0.39, 0.29) is 6.04 Å². The second-order valence-corrected chi connectivity index (χ2v) is 6.26. The number of carbonyl (C=O) groups is 1. The third-order valence-electron chi connectivity index (χ3n) is 4.55. The molecule has 0 aromatic carbocycles. The standard InChI is InChI=1S/C16H24N4O/c1-12-17-13(2)20(18-12)15-8-5-9-19(11-15)16(21)10-14-6-3-4-7-14/h3,6,14-15H,4-5,7-11H2,1-2H3/t14-,15-/m1/s1. The fraction of sp³-hybridized carbons (Fsp3) is 0.688. The fourth-order valence-electron chi connectivity index (χ4n) is 3.48. The highest BCUT2D eigenvalue weighted by molar-refractivity contribution is 5.76. The molecule has 1 aromatic rings. The monoisotopic (exact) mass is 288 g/mol. The molecule has 1 fully saturated rings. The highest BCUT2D eigenvalue weighted by Gasteiger charge is 2.27. The molecule has 2 atom stereocenters. The molecule has 21 heavy (non-hydrogen) atoms. The predicted molar refractivity (Wildman–Crippen MR) is 80.8 cm³/mol. The zero-order valence-electron chi connectivity index (χ0n) is 13.0. The molecule has 0 spiro atoms. The summed E-state index contributed by atoms with van der Waals surface area (Å²) in [7, 11) is 0. The first-order valence-corrected chi connectivity index (χ1v) is 7.97. The highest BCUT2D eigenvalue weighted by Crippen LogP contribution is 2.25. The molecule has 2 aliphatic rings. The van der Waals surface area contributed by atoms with Gasteiger partial charge in [-0.2, -0.15) is 5.10 Å². The van der Waals surface area contributed by atoms with Crippen molar-refractivity contribution in [3.05, 3.63) is 23.8 Å². The van der Waals surface area contributed by atoms with E-state index in [0.717, 1.165) is 50.4 Å². The second kappa shape index (κ2) is 6.00. The van der Waals surface area contributed by atoms with Crippen LogP contribution >= 0.6 is 0 Å². The average molecular weight is 288 g/mol. The molecular formula is C16H24N4O. The first-order valence-electron chi connectivity index (χ1n) is 7.97. The van der Waals surface area contributed by atoms with E-state index in [4.69, 9.17) is 0 Å². The molecule has 0 unspecified atom stereocenters. The lowest BCUT2D eigenvalue weighted by Crippen LogP contribution is -2.41. The number of carbonyl (C=O) groups excluding carboxylic acids is 1. The Labute approximate surface area is 126 Å². The molecule has 0 N–H and O–H groups in total. The molecule has 1 aliphatic heterocycles. The topological polar surface area (TPSA) is 51.0 Å². The molecule has 2 heterocycles. The van der Waals surface area contributed by atoms with Crippen molar-refractivity contribution in [3.8, 4) is 0 Å². The van der Waals surface area contributed by atoms with Crippen LogP contribution in [0.3, 0.4) is 0 Å². The normalized spacial score (nSPS) is 25.5.